The second-order valence-corrected chi connectivity index (χ2v) is 6.40. The lowest BCUT2D eigenvalue weighted by atomic mass is 9.75. The Kier molecular flexibility index (Phi) is 4.31. The van der Waals surface area contributed by atoms with Gasteiger partial charge in [-0.3, -0.25) is 0 Å². The van der Waals surface area contributed by atoms with Crippen molar-refractivity contribution in [2.75, 3.05) is 6.54 Å². The summed E-state index contributed by atoms with van der Waals surface area (Å²) in [5.74, 6) is 1.01. The number of furan rings is 1. The number of hydrogen-bond donors (Lipinski definition) is 1. The van der Waals surface area contributed by atoms with Gasteiger partial charge in [-0.05, 0) is 53.2 Å². The minimum absolute atomic E-state index is 0.292. The van der Waals surface area contributed by atoms with Crippen molar-refractivity contribution in [1.82, 2.24) is 5.32 Å². The number of nitrogens with one attached hydrogen (secondary N) is 1. The Labute approximate surface area is 112 Å². The van der Waals surface area contributed by atoms with Gasteiger partial charge in [0.25, 0.3) is 0 Å². The maximum Gasteiger partial charge on any atom is 0.169 e. The largest absolute Gasteiger partial charge is 0.453 e. The molecule has 0 saturated heterocycles. The average Bonchev–Trinajstić information content (AvgIpc) is 2.74. The normalized spacial score (nSPS) is 21.4. The third-order valence-corrected chi connectivity index (χ3v) is 4.34. The molecule has 1 heterocycles. The third kappa shape index (κ3) is 3.59. The van der Waals surface area contributed by atoms with Crippen molar-refractivity contribution in [3.8, 4) is 0 Å². The third-order valence-electron chi connectivity index (χ3n) is 3.92. The van der Waals surface area contributed by atoms with Crippen LogP contribution in [0.15, 0.2) is 21.2 Å². The molecule has 1 aliphatic rings. The molecule has 0 aromatic carbocycles. The van der Waals surface area contributed by atoms with E-state index in [1.807, 2.05) is 12.1 Å². The van der Waals surface area contributed by atoms with Crippen LogP contribution in [-0.4, -0.2) is 6.54 Å². The van der Waals surface area contributed by atoms with Crippen LogP contribution in [0.1, 0.15) is 57.8 Å². The summed E-state index contributed by atoms with van der Waals surface area (Å²) < 4.78 is 6.38. The topological polar surface area (TPSA) is 25.2 Å². The molecule has 0 spiro atoms. The molecular formula is C14H22BrNO. The Hall–Kier alpha value is -0.280. The van der Waals surface area contributed by atoms with Crippen LogP contribution in [0.4, 0.5) is 0 Å². The fraction of sp³-hybridized carbons (Fsp3) is 0.714. The first-order valence-corrected chi connectivity index (χ1v) is 7.37. The second kappa shape index (κ2) is 5.57. The molecule has 96 valence electrons. The molecule has 17 heavy (non-hydrogen) atoms. The molecule has 0 bridgehead atoms. The van der Waals surface area contributed by atoms with Gasteiger partial charge in [0.15, 0.2) is 4.67 Å². The predicted octanol–water partition coefficient (Wildman–Crippen LogP) is 4.66. The van der Waals surface area contributed by atoms with Gasteiger partial charge in [0, 0.05) is 6.54 Å². The SMILES string of the molecule is CC(NCC1(C)CCCCC1)c1ccc(Br)o1. The number of hydrogen-bond acceptors (Lipinski definition) is 2. The zero-order chi connectivity index (χ0) is 12.3. The molecule has 1 aromatic rings. The lowest BCUT2D eigenvalue weighted by Gasteiger charge is -2.34. The summed E-state index contributed by atoms with van der Waals surface area (Å²) >= 11 is 3.34. The highest BCUT2D eigenvalue weighted by Gasteiger charge is 2.27. The molecule has 1 aliphatic carbocycles. The average molecular weight is 300 g/mol. The summed E-state index contributed by atoms with van der Waals surface area (Å²) in [7, 11) is 0. The lowest BCUT2D eigenvalue weighted by Crippen LogP contribution is -2.34. The molecule has 3 heteroatoms. The first-order chi connectivity index (χ1) is 8.09. The van der Waals surface area contributed by atoms with Gasteiger partial charge in [0.2, 0.25) is 0 Å². The highest BCUT2D eigenvalue weighted by atomic mass is 79.9. The highest BCUT2D eigenvalue weighted by molar-refractivity contribution is 9.10. The smallest absolute Gasteiger partial charge is 0.169 e. The first kappa shape index (κ1) is 13.2. The van der Waals surface area contributed by atoms with Crippen molar-refractivity contribution >= 4 is 15.9 Å². The maximum absolute atomic E-state index is 5.57. The van der Waals surface area contributed by atoms with E-state index in [-0.39, 0.29) is 0 Å². The van der Waals surface area contributed by atoms with E-state index < -0.39 is 0 Å². The van der Waals surface area contributed by atoms with Gasteiger partial charge in [0.1, 0.15) is 5.76 Å². The number of halogens is 1. The maximum atomic E-state index is 5.57. The lowest BCUT2D eigenvalue weighted by molar-refractivity contribution is 0.198. The van der Waals surface area contributed by atoms with Crippen LogP contribution in [0.3, 0.4) is 0 Å². The zero-order valence-electron chi connectivity index (χ0n) is 10.8. The molecule has 2 rings (SSSR count). The van der Waals surface area contributed by atoms with E-state index in [0.29, 0.717) is 11.5 Å². The van der Waals surface area contributed by atoms with Crippen LogP contribution >= 0.6 is 15.9 Å². The molecular weight excluding hydrogens is 278 g/mol. The molecule has 0 amide bonds. The standard InChI is InChI=1S/C14H22BrNO/c1-11(12-6-7-13(15)17-12)16-10-14(2)8-4-3-5-9-14/h6-7,11,16H,3-5,8-10H2,1-2H3. The van der Waals surface area contributed by atoms with Gasteiger partial charge >= 0.3 is 0 Å². The summed E-state index contributed by atoms with van der Waals surface area (Å²) in [6.45, 7) is 5.66. The van der Waals surface area contributed by atoms with Crippen LogP contribution in [0.5, 0.6) is 0 Å². The second-order valence-electron chi connectivity index (χ2n) is 5.62. The molecule has 0 aliphatic heterocycles. The summed E-state index contributed by atoms with van der Waals surface area (Å²) in [4.78, 5) is 0. The minimum Gasteiger partial charge on any atom is -0.453 e. The van der Waals surface area contributed by atoms with Crippen LogP contribution < -0.4 is 5.32 Å². The monoisotopic (exact) mass is 299 g/mol. The molecule has 1 saturated carbocycles. The van der Waals surface area contributed by atoms with Crippen molar-refractivity contribution < 1.29 is 4.42 Å². The Balaban J connectivity index is 1.85. The van der Waals surface area contributed by atoms with E-state index in [0.717, 1.165) is 17.0 Å². The van der Waals surface area contributed by atoms with E-state index in [1.165, 1.54) is 32.1 Å². The summed E-state index contributed by atoms with van der Waals surface area (Å²) in [6, 6.07) is 4.28. The fourth-order valence-corrected chi connectivity index (χ4v) is 2.96. The molecule has 1 unspecified atom stereocenters. The molecule has 1 fully saturated rings. The Morgan fingerprint density at radius 3 is 2.65 bits per heavy atom. The molecule has 1 atom stereocenters. The van der Waals surface area contributed by atoms with Crippen molar-refractivity contribution in [1.29, 1.82) is 0 Å². The first-order valence-electron chi connectivity index (χ1n) is 6.58. The van der Waals surface area contributed by atoms with Gasteiger partial charge in [-0.1, -0.05) is 26.2 Å². The Bertz CT molecular complexity index is 355. The van der Waals surface area contributed by atoms with Crippen molar-refractivity contribution in [2.24, 2.45) is 5.41 Å². The van der Waals surface area contributed by atoms with Crippen molar-refractivity contribution in [2.45, 2.75) is 52.0 Å². The van der Waals surface area contributed by atoms with Crippen molar-refractivity contribution in [3.05, 3.63) is 22.6 Å². The van der Waals surface area contributed by atoms with Gasteiger partial charge < -0.3 is 9.73 Å². The van der Waals surface area contributed by atoms with E-state index in [9.17, 15) is 0 Å². The fourth-order valence-electron chi connectivity index (χ4n) is 2.64. The van der Waals surface area contributed by atoms with E-state index in [2.05, 4.69) is 35.1 Å². The van der Waals surface area contributed by atoms with Crippen molar-refractivity contribution in [3.63, 3.8) is 0 Å². The molecule has 2 nitrogen and oxygen atoms in total. The zero-order valence-corrected chi connectivity index (χ0v) is 12.3. The van der Waals surface area contributed by atoms with Crippen LogP contribution in [-0.2, 0) is 0 Å². The van der Waals surface area contributed by atoms with Gasteiger partial charge in [-0.15, -0.1) is 0 Å². The van der Waals surface area contributed by atoms with Gasteiger partial charge in [0.05, 0.1) is 6.04 Å². The van der Waals surface area contributed by atoms with Crippen LogP contribution in [0.2, 0.25) is 0 Å². The van der Waals surface area contributed by atoms with E-state index >= 15 is 0 Å². The number of rotatable bonds is 4. The Morgan fingerprint density at radius 2 is 2.06 bits per heavy atom. The molecule has 0 radical (unpaired) electrons. The summed E-state index contributed by atoms with van der Waals surface area (Å²) in [5.41, 5.74) is 0.482. The molecule has 1 N–H and O–H groups in total. The van der Waals surface area contributed by atoms with E-state index in [4.69, 9.17) is 4.42 Å². The summed E-state index contributed by atoms with van der Waals surface area (Å²) in [6.07, 6.45) is 6.90. The quantitative estimate of drug-likeness (QED) is 0.874. The molecule has 1 aromatic heterocycles. The minimum atomic E-state index is 0.292. The van der Waals surface area contributed by atoms with Crippen LogP contribution in [0.25, 0.3) is 0 Å². The Morgan fingerprint density at radius 1 is 1.35 bits per heavy atom. The van der Waals surface area contributed by atoms with E-state index in [1.54, 1.807) is 0 Å². The van der Waals surface area contributed by atoms with Gasteiger partial charge in [-0.2, -0.15) is 0 Å². The summed E-state index contributed by atoms with van der Waals surface area (Å²) in [5, 5.41) is 3.61. The van der Waals surface area contributed by atoms with Gasteiger partial charge in [-0.25, -0.2) is 0 Å². The predicted molar refractivity (Wildman–Crippen MR) is 74.0 cm³/mol. The highest BCUT2D eigenvalue weighted by Crippen LogP contribution is 2.35. The van der Waals surface area contributed by atoms with Crippen LogP contribution in [0, 0.1) is 5.41 Å².